The molecule has 0 aliphatic carbocycles. The number of aromatic nitrogens is 2. The Morgan fingerprint density at radius 3 is 2.66 bits per heavy atom. The van der Waals surface area contributed by atoms with Crippen molar-refractivity contribution in [1.29, 1.82) is 0 Å². The van der Waals surface area contributed by atoms with Gasteiger partial charge in [0.25, 0.3) is 0 Å². The highest BCUT2D eigenvalue weighted by Crippen LogP contribution is 2.35. The molecule has 0 N–H and O–H groups in total. The third-order valence-corrected chi connectivity index (χ3v) is 6.07. The second-order valence-corrected chi connectivity index (χ2v) is 8.35. The van der Waals surface area contributed by atoms with Crippen molar-refractivity contribution in [3.8, 4) is 17.0 Å². The Balaban J connectivity index is 1.71. The van der Waals surface area contributed by atoms with Crippen LogP contribution in [0, 0.1) is 0 Å². The summed E-state index contributed by atoms with van der Waals surface area (Å²) in [5.74, 6) is 0.378. The first kappa shape index (κ1) is 21.8. The summed E-state index contributed by atoms with van der Waals surface area (Å²) in [5.41, 5.74) is 3.98. The molecule has 0 fully saturated rings. The minimum Gasteiger partial charge on any atom is -0.488 e. The van der Waals surface area contributed by atoms with E-state index < -0.39 is 0 Å². The monoisotopic (exact) mass is 448 g/mol. The summed E-state index contributed by atoms with van der Waals surface area (Å²) in [4.78, 5) is 30.1. The van der Waals surface area contributed by atoms with E-state index in [0.717, 1.165) is 34.3 Å². The highest BCUT2D eigenvalue weighted by molar-refractivity contribution is 7.17. The van der Waals surface area contributed by atoms with E-state index >= 15 is 0 Å². The van der Waals surface area contributed by atoms with Crippen molar-refractivity contribution in [2.24, 2.45) is 0 Å². The number of fused-ring (bicyclic) bond motifs is 1. The molecule has 6 nitrogen and oxygen atoms in total. The number of benzene rings is 2. The standard InChI is InChI=1S/C25H24N2O4S/c1-3-17-10-11-22(31-16-18-8-6-5-7-9-18)20(12-17)24-21(15-28)27-14-19(32-25(27)26-24)13-23(29)30-4-2/h5-12,14-15H,3-4,13,16H2,1-2H3. The zero-order valence-corrected chi connectivity index (χ0v) is 18.9. The average Bonchev–Trinajstić information content (AvgIpc) is 3.35. The average molecular weight is 449 g/mol. The molecule has 32 heavy (non-hydrogen) atoms. The van der Waals surface area contributed by atoms with Gasteiger partial charge >= 0.3 is 5.97 Å². The molecule has 2 aromatic carbocycles. The van der Waals surface area contributed by atoms with E-state index in [1.54, 1.807) is 17.5 Å². The predicted octanol–water partition coefficient (Wildman–Crippen LogP) is 5.12. The SMILES string of the molecule is CCOC(=O)Cc1cn2c(C=O)c(-c3cc(CC)ccc3OCc3ccccc3)nc2s1. The van der Waals surface area contributed by atoms with Crippen LogP contribution < -0.4 is 4.74 Å². The van der Waals surface area contributed by atoms with Crippen molar-refractivity contribution >= 4 is 28.6 Å². The van der Waals surface area contributed by atoms with Crippen molar-refractivity contribution < 1.29 is 19.1 Å². The maximum Gasteiger partial charge on any atom is 0.311 e. The molecule has 0 atom stereocenters. The number of aldehydes is 1. The predicted molar refractivity (Wildman–Crippen MR) is 124 cm³/mol. The first-order chi connectivity index (χ1) is 15.6. The fraction of sp³-hybridized carbons (Fsp3) is 0.240. The Labute approximate surface area is 190 Å². The van der Waals surface area contributed by atoms with E-state index in [9.17, 15) is 9.59 Å². The van der Waals surface area contributed by atoms with Gasteiger partial charge in [-0.25, -0.2) is 4.98 Å². The number of hydrogen-bond donors (Lipinski definition) is 0. The fourth-order valence-corrected chi connectivity index (χ4v) is 4.47. The number of imidazole rings is 1. The molecule has 0 radical (unpaired) electrons. The summed E-state index contributed by atoms with van der Waals surface area (Å²) >= 11 is 1.37. The number of esters is 1. The molecule has 0 saturated heterocycles. The van der Waals surface area contributed by atoms with Gasteiger partial charge in [-0.3, -0.25) is 14.0 Å². The summed E-state index contributed by atoms with van der Waals surface area (Å²) in [6, 6.07) is 15.9. The van der Waals surface area contributed by atoms with Crippen LogP contribution in [0.1, 0.15) is 40.3 Å². The topological polar surface area (TPSA) is 69.9 Å². The summed E-state index contributed by atoms with van der Waals surface area (Å²) < 4.78 is 12.9. The highest BCUT2D eigenvalue weighted by atomic mass is 32.1. The van der Waals surface area contributed by atoms with Gasteiger partial charge in [-0.05, 0) is 36.6 Å². The van der Waals surface area contributed by atoms with E-state index in [4.69, 9.17) is 14.5 Å². The molecule has 0 bridgehead atoms. The first-order valence-electron chi connectivity index (χ1n) is 10.5. The van der Waals surface area contributed by atoms with Crippen LogP contribution >= 0.6 is 11.3 Å². The summed E-state index contributed by atoms with van der Waals surface area (Å²) in [5, 5.41) is 0. The molecule has 2 heterocycles. The summed E-state index contributed by atoms with van der Waals surface area (Å²) in [6.07, 6.45) is 3.60. The molecule has 0 unspecified atom stereocenters. The van der Waals surface area contributed by atoms with E-state index in [2.05, 4.69) is 6.92 Å². The molecular formula is C25H24N2O4S. The molecule has 7 heteroatoms. The van der Waals surface area contributed by atoms with Crippen molar-refractivity contribution in [2.75, 3.05) is 6.61 Å². The molecule has 4 rings (SSSR count). The largest absolute Gasteiger partial charge is 0.488 e. The number of nitrogens with zero attached hydrogens (tertiary/aromatic N) is 2. The normalized spacial score (nSPS) is 10.9. The number of thiazole rings is 1. The molecular weight excluding hydrogens is 424 g/mol. The van der Waals surface area contributed by atoms with Crippen molar-refractivity contribution in [1.82, 2.24) is 9.38 Å². The van der Waals surface area contributed by atoms with Gasteiger partial charge in [0.15, 0.2) is 11.2 Å². The van der Waals surface area contributed by atoms with E-state index in [1.807, 2.05) is 48.5 Å². The Bertz CT molecular complexity index is 1240. The fourth-order valence-electron chi connectivity index (χ4n) is 3.50. The van der Waals surface area contributed by atoms with Gasteiger partial charge in [0.2, 0.25) is 0 Å². The van der Waals surface area contributed by atoms with Crippen LogP contribution in [0.4, 0.5) is 0 Å². The van der Waals surface area contributed by atoms with Crippen molar-refractivity contribution in [3.63, 3.8) is 0 Å². The minimum absolute atomic E-state index is 0.159. The van der Waals surface area contributed by atoms with Gasteiger partial charge in [0, 0.05) is 16.6 Å². The molecule has 2 aromatic heterocycles. The Morgan fingerprint density at radius 2 is 1.94 bits per heavy atom. The smallest absolute Gasteiger partial charge is 0.311 e. The molecule has 164 valence electrons. The maximum absolute atomic E-state index is 12.1. The zero-order valence-electron chi connectivity index (χ0n) is 18.0. The zero-order chi connectivity index (χ0) is 22.5. The summed E-state index contributed by atoms with van der Waals surface area (Å²) in [7, 11) is 0. The van der Waals surface area contributed by atoms with Crippen LogP contribution in [0.2, 0.25) is 0 Å². The van der Waals surface area contributed by atoms with Gasteiger partial charge in [0.05, 0.1) is 13.0 Å². The van der Waals surface area contributed by atoms with Crippen molar-refractivity contribution in [2.45, 2.75) is 33.3 Å². The van der Waals surface area contributed by atoms with Gasteiger partial charge < -0.3 is 9.47 Å². The van der Waals surface area contributed by atoms with Crippen LogP contribution in [0.15, 0.2) is 54.7 Å². The van der Waals surface area contributed by atoms with Crippen LogP contribution in [-0.2, 0) is 29.0 Å². The number of ether oxygens (including phenoxy) is 2. The van der Waals surface area contributed by atoms with Crippen LogP contribution in [0.5, 0.6) is 5.75 Å². The van der Waals surface area contributed by atoms with E-state index in [-0.39, 0.29) is 12.4 Å². The quantitative estimate of drug-likeness (QED) is 0.262. The number of hydrogen-bond acceptors (Lipinski definition) is 6. The minimum atomic E-state index is -0.294. The second kappa shape index (κ2) is 9.78. The van der Waals surface area contributed by atoms with Gasteiger partial charge in [0.1, 0.15) is 23.7 Å². The van der Waals surface area contributed by atoms with Crippen LogP contribution in [0.25, 0.3) is 16.2 Å². The Hall–Kier alpha value is -3.45. The molecule has 0 aliphatic heterocycles. The molecule has 4 aromatic rings. The molecule has 0 spiro atoms. The maximum atomic E-state index is 12.1. The lowest BCUT2D eigenvalue weighted by Gasteiger charge is -2.12. The Kier molecular flexibility index (Phi) is 6.66. The number of aryl methyl sites for hydroxylation is 1. The van der Waals surface area contributed by atoms with Crippen LogP contribution in [0.3, 0.4) is 0 Å². The Morgan fingerprint density at radius 1 is 1.12 bits per heavy atom. The van der Waals surface area contributed by atoms with Gasteiger partial charge in [-0.1, -0.05) is 43.3 Å². The van der Waals surface area contributed by atoms with E-state index in [1.165, 1.54) is 11.3 Å². The lowest BCUT2D eigenvalue weighted by molar-refractivity contribution is -0.142. The number of carbonyl (C=O) groups excluding carboxylic acids is 2. The second-order valence-electron chi connectivity index (χ2n) is 7.25. The third-order valence-electron chi connectivity index (χ3n) is 5.09. The summed E-state index contributed by atoms with van der Waals surface area (Å²) in [6.45, 7) is 4.61. The highest BCUT2D eigenvalue weighted by Gasteiger charge is 2.20. The van der Waals surface area contributed by atoms with Crippen molar-refractivity contribution in [3.05, 3.63) is 76.4 Å². The molecule has 0 saturated carbocycles. The van der Waals surface area contributed by atoms with Gasteiger partial charge in [-0.2, -0.15) is 0 Å². The number of rotatable bonds is 9. The third kappa shape index (κ3) is 4.57. The lowest BCUT2D eigenvalue weighted by Crippen LogP contribution is -2.06. The van der Waals surface area contributed by atoms with E-state index in [0.29, 0.717) is 35.3 Å². The first-order valence-corrected chi connectivity index (χ1v) is 11.4. The van der Waals surface area contributed by atoms with Gasteiger partial charge in [-0.15, -0.1) is 11.3 Å². The molecule has 0 aliphatic rings. The lowest BCUT2D eigenvalue weighted by atomic mass is 10.0. The van der Waals surface area contributed by atoms with Crippen LogP contribution in [-0.4, -0.2) is 28.2 Å². The molecule has 0 amide bonds. The number of carbonyl (C=O) groups is 2.